The van der Waals surface area contributed by atoms with Crippen molar-refractivity contribution >= 4 is 17.3 Å². The van der Waals surface area contributed by atoms with E-state index in [2.05, 4.69) is 66.1 Å². The molecule has 6 rings (SSSR count). The fourth-order valence-electron chi connectivity index (χ4n) is 5.70. The van der Waals surface area contributed by atoms with Crippen LogP contribution in [0.2, 0.25) is 0 Å². The molecule has 0 radical (unpaired) electrons. The van der Waals surface area contributed by atoms with Crippen LogP contribution in [0.25, 0.3) is 16.7 Å². The minimum Gasteiger partial charge on any atom is -0.366 e. The number of amides is 1. The van der Waals surface area contributed by atoms with Crippen LogP contribution in [-0.4, -0.2) is 17.4 Å². The largest absolute Gasteiger partial charge is 0.366 e. The van der Waals surface area contributed by atoms with Gasteiger partial charge in [-0.25, -0.2) is 4.98 Å². The molecular formula is C28H27N3O. The molecule has 0 atom stereocenters. The number of pyridine rings is 1. The summed E-state index contributed by atoms with van der Waals surface area (Å²) >= 11 is 0. The summed E-state index contributed by atoms with van der Waals surface area (Å²) in [6.45, 7) is 2.89. The van der Waals surface area contributed by atoms with Crippen molar-refractivity contribution in [3.63, 3.8) is 0 Å². The lowest BCUT2D eigenvalue weighted by Crippen LogP contribution is -2.40. The summed E-state index contributed by atoms with van der Waals surface area (Å²) in [5.41, 5.74) is 8.89. The van der Waals surface area contributed by atoms with Gasteiger partial charge in [-0.05, 0) is 65.8 Å². The van der Waals surface area contributed by atoms with E-state index in [1.54, 1.807) is 0 Å². The maximum atomic E-state index is 12.7. The van der Waals surface area contributed by atoms with Crippen molar-refractivity contribution in [2.75, 3.05) is 11.9 Å². The number of nitrogens with zero attached hydrogens (tertiary/aromatic N) is 1. The Morgan fingerprint density at radius 3 is 2.59 bits per heavy atom. The van der Waals surface area contributed by atoms with Crippen LogP contribution in [0.15, 0.2) is 60.8 Å². The van der Waals surface area contributed by atoms with E-state index in [4.69, 9.17) is 4.98 Å². The van der Waals surface area contributed by atoms with Crippen molar-refractivity contribution in [1.82, 2.24) is 10.3 Å². The molecule has 0 saturated heterocycles. The van der Waals surface area contributed by atoms with Gasteiger partial charge in [0, 0.05) is 29.4 Å². The van der Waals surface area contributed by atoms with Crippen LogP contribution in [0.4, 0.5) is 5.82 Å². The third-order valence-corrected chi connectivity index (χ3v) is 7.36. The van der Waals surface area contributed by atoms with Gasteiger partial charge in [-0.3, -0.25) is 4.79 Å². The van der Waals surface area contributed by atoms with E-state index < -0.39 is 0 Å². The molecule has 0 bridgehead atoms. The number of fused-ring (bicyclic) bond motifs is 3. The lowest BCUT2D eigenvalue weighted by Gasteiger charge is -2.34. The highest BCUT2D eigenvalue weighted by molar-refractivity contribution is 6.01. The first-order chi connectivity index (χ1) is 15.6. The average molecular weight is 422 g/mol. The number of hydrogen-bond acceptors (Lipinski definition) is 3. The van der Waals surface area contributed by atoms with Crippen molar-refractivity contribution in [1.29, 1.82) is 0 Å². The Bertz CT molecular complexity index is 1270. The molecule has 2 N–H and O–H groups in total. The van der Waals surface area contributed by atoms with E-state index in [1.807, 2.05) is 12.3 Å². The molecule has 4 nitrogen and oxygen atoms in total. The molecule has 3 heterocycles. The molecule has 1 saturated carbocycles. The van der Waals surface area contributed by atoms with Crippen LogP contribution < -0.4 is 10.6 Å². The second kappa shape index (κ2) is 7.33. The number of aryl methyl sites for hydroxylation is 1. The van der Waals surface area contributed by atoms with Gasteiger partial charge in [0.25, 0.3) is 5.91 Å². The Balaban J connectivity index is 1.45. The number of carbonyl (C=O) groups is 1. The van der Waals surface area contributed by atoms with Gasteiger partial charge in [0.1, 0.15) is 5.82 Å². The predicted octanol–water partition coefficient (Wildman–Crippen LogP) is 5.82. The second-order valence-electron chi connectivity index (χ2n) is 9.29. The third-order valence-electron chi connectivity index (χ3n) is 7.36. The smallest absolute Gasteiger partial charge is 0.252 e. The first kappa shape index (κ1) is 19.3. The normalized spacial score (nSPS) is 18.4. The topological polar surface area (TPSA) is 54.0 Å². The highest BCUT2D eigenvalue weighted by atomic mass is 16.2. The van der Waals surface area contributed by atoms with Gasteiger partial charge in [0.05, 0.1) is 5.54 Å². The van der Waals surface area contributed by atoms with E-state index >= 15 is 0 Å². The van der Waals surface area contributed by atoms with E-state index in [0.29, 0.717) is 0 Å². The van der Waals surface area contributed by atoms with Crippen LogP contribution in [-0.2, 0) is 5.54 Å². The summed E-state index contributed by atoms with van der Waals surface area (Å²) in [5, 5.41) is 6.76. The lowest BCUT2D eigenvalue weighted by atomic mass is 9.76. The summed E-state index contributed by atoms with van der Waals surface area (Å²) in [6.07, 6.45) is 9.86. The first-order valence-electron chi connectivity index (χ1n) is 11.6. The molecule has 0 unspecified atom stereocenters. The monoisotopic (exact) mass is 421 g/mol. The Morgan fingerprint density at radius 1 is 0.906 bits per heavy atom. The molecule has 32 heavy (non-hydrogen) atoms. The Labute approximate surface area is 188 Å². The van der Waals surface area contributed by atoms with Gasteiger partial charge in [-0.15, -0.1) is 0 Å². The third kappa shape index (κ3) is 2.97. The maximum absolute atomic E-state index is 12.7. The Kier molecular flexibility index (Phi) is 4.42. The van der Waals surface area contributed by atoms with E-state index in [-0.39, 0.29) is 11.4 Å². The van der Waals surface area contributed by atoms with Gasteiger partial charge < -0.3 is 10.6 Å². The standard InChI is InChI=1S/C28H27N3O/c1-18-7-3-4-8-21(18)20-15-24-22(11-14-29-26(24)30-17-20)19-9-10-23-25(16-19)28(31-27(23)32)12-5-2-6-13-28/h3-4,7-11,15-17H,2,5-6,12-14H2,1H3,(H,29,30)(H,31,32). The number of nitrogens with one attached hydrogen (secondary N) is 2. The van der Waals surface area contributed by atoms with Gasteiger partial charge in [-0.1, -0.05) is 55.7 Å². The molecule has 1 aliphatic carbocycles. The van der Waals surface area contributed by atoms with Crippen molar-refractivity contribution in [2.24, 2.45) is 0 Å². The van der Waals surface area contributed by atoms with Gasteiger partial charge in [0.15, 0.2) is 0 Å². The van der Waals surface area contributed by atoms with Crippen LogP contribution in [0, 0.1) is 6.92 Å². The van der Waals surface area contributed by atoms with Crippen LogP contribution in [0.3, 0.4) is 0 Å². The fourth-order valence-corrected chi connectivity index (χ4v) is 5.70. The molecule has 4 heteroatoms. The number of benzene rings is 2. The molecule has 1 spiro atoms. The van der Waals surface area contributed by atoms with Gasteiger partial charge in [0.2, 0.25) is 0 Å². The summed E-state index contributed by atoms with van der Waals surface area (Å²) < 4.78 is 0. The summed E-state index contributed by atoms with van der Waals surface area (Å²) in [5.74, 6) is 0.999. The zero-order chi connectivity index (χ0) is 21.7. The SMILES string of the molecule is Cc1ccccc1-c1cnc2c(c1)C(c1ccc3c(c1)C1(CCCCC1)NC3=O)=CCN2. The van der Waals surface area contributed by atoms with Crippen molar-refractivity contribution in [2.45, 2.75) is 44.6 Å². The van der Waals surface area contributed by atoms with Crippen LogP contribution >= 0.6 is 0 Å². The number of hydrogen-bond donors (Lipinski definition) is 2. The summed E-state index contributed by atoms with van der Waals surface area (Å²) in [7, 11) is 0. The molecule has 2 aliphatic heterocycles. The Hall–Kier alpha value is -3.40. The predicted molar refractivity (Wildman–Crippen MR) is 129 cm³/mol. The lowest BCUT2D eigenvalue weighted by molar-refractivity contribution is 0.0909. The number of anilines is 1. The minimum atomic E-state index is -0.182. The molecular weight excluding hydrogens is 394 g/mol. The maximum Gasteiger partial charge on any atom is 0.252 e. The number of aromatic nitrogens is 1. The average Bonchev–Trinajstić information content (AvgIpc) is 3.09. The summed E-state index contributed by atoms with van der Waals surface area (Å²) in [4.78, 5) is 17.5. The quantitative estimate of drug-likeness (QED) is 0.548. The molecule has 160 valence electrons. The van der Waals surface area contributed by atoms with E-state index in [1.165, 1.54) is 41.5 Å². The molecule has 1 amide bonds. The van der Waals surface area contributed by atoms with Crippen LogP contribution in [0.5, 0.6) is 0 Å². The molecule has 3 aliphatic rings. The minimum absolute atomic E-state index is 0.0802. The Morgan fingerprint density at radius 2 is 1.75 bits per heavy atom. The zero-order valence-electron chi connectivity index (χ0n) is 18.4. The van der Waals surface area contributed by atoms with Crippen molar-refractivity contribution in [3.8, 4) is 11.1 Å². The molecule has 1 aromatic heterocycles. The second-order valence-corrected chi connectivity index (χ2v) is 9.29. The number of rotatable bonds is 2. The van der Waals surface area contributed by atoms with Gasteiger partial charge in [-0.2, -0.15) is 0 Å². The molecule has 3 aromatic rings. The van der Waals surface area contributed by atoms with E-state index in [9.17, 15) is 4.79 Å². The highest BCUT2D eigenvalue weighted by Gasteiger charge is 2.43. The molecule has 1 fully saturated rings. The fraction of sp³-hybridized carbons (Fsp3) is 0.286. The highest BCUT2D eigenvalue weighted by Crippen LogP contribution is 2.44. The molecule has 2 aromatic carbocycles. The van der Waals surface area contributed by atoms with Crippen molar-refractivity contribution < 1.29 is 4.79 Å². The van der Waals surface area contributed by atoms with Gasteiger partial charge >= 0.3 is 0 Å². The van der Waals surface area contributed by atoms with Crippen LogP contribution in [0.1, 0.15) is 64.7 Å². The zero-order valence-corrected chi connectivity index (χ0v) is 18.4. The van der Waals surface area contributed by atoms with Crippen molar-refractivity contribution in [3.05, 3.63) is 88.6 Å². The number of carbonyl (C=O) groups excluding carboxylic acids is 1. The first-order valence-corrected chi connectivity index (χ1v) is 11.6. The summed E-state index contributed by atoms with van der Waals surface area (Å²) in [6, 6.07) is 17.1. The van der Waals surface area contributed by atoms with E-state index in [0.717, 1.165) is 47.5 Å².